The lowest BCUT2D eigenvalue weighted by atomic mass is 10.0. The van der Waals surface area contributed by atoms with Crippen LogP contribution in [0.15, 0.2) is 78.9 Å². The third kappa shape index (κ3) is 2.58. The van der Waals surface area contributed by atoms with E-state index in [2.05, 4.69) is 23.2 Å². The lowest BCUT2D eigenvalue weighted by molar-refractivity contribution is 1.29. The highest BCUT2D eigenvalue weighted by Gasteiger charge is 2.12. The highest BCUT2D eigenvalue weighted by molar-refractivity contribution is 6.32. The van der Waals surface area contributed by atoms with Gasteiger partial charge in [0.15, 0.2) is 5.15 Å². The molecule has 3 aromatic carbocycles. The topological polar surface area (TPSA) is 25.8 Å². The maximum absolute atomic E-state index is 6.36. The Morgan fingerprint density at radius 1 is 0.609 bits per heavy atom. The van der Waals surface area contributed by atoms with Crippen LogP contribution in [0.1, 0.15) is 0 Å². The minimum atomic E-state index is 0.425. The molecule has 0 aliphatic carbocycles. The average Bonchev–Trinajstić information content (AvgIpc) is 2.62. The van der Waals surface area contributed by atoms with E-state index in [0.29, 0.717) is 10.8 Å². The molecule has 0 aliphatic rings. The zero-order valence-electron chi connectivity index (χ0n) is 12.3. The zero-order valence-corrected chi connectivity index (χ0v) is 13.0. The second kappa shape index (κ2) is 5.82. The van der Waals surface area contributed by atoms with Crippen LogP contribution < -0.4 is 0 Å². The van der Waals surface area contributed by atoms with Gasteiger partial charge in [0.05, 0.1) is 11.0 Å². The van der Waals surface area contributed by atoms with Crippen molar-refractivity contribution in [3.8, 4) is 22.4 Å². The van der Waals surface area contributed by atoms with E-state index in [1.165, 1.54) is 0 Å². The molecule has 110 valence electrons. The Hall–Kier alpha value is -2.71. The van der Waals surface area contributed by atoms with Gasteiger partial charge in [-0.05, 0) is 11.6 Å². The molecule has 0 spiro atoms. The molecule has 23 heavy (non-hydrogen) atoms. The largest absolute Gasteiger partial charge is 0.242 e. The van der Waals surface area contributed by atoms with Crippen LogP contribution in [0.5, 0.6) is 0 Å². The number of benzene rings is 3. The number of para-hydroxylation sites is 1. The first-order valence-corrected chi connectivity index (χ1v) is 7.78. The highest BCUT2D eigenvalue weighted by Crippen LogP contribution is 2.31. The average molecular weight is 317 g/mol. The third-order valence-electron chi connectivity index (χ3n) is 3.78. The molecule has 0 fully saturated rings. The van der Waals surface area contributed by atoms with Crippen molar-refractivity contribution in [2.75, 3.05) is 0 Å². The molecule has 3 heteroatoms. The minimum Gasteiger partial charge on any atom is -0.242 e. The zero-order chi connectivity index (χ0) is 15.6. The smallest absolute Gasteiger partial charge is 0.156 e. The lowest BCUT2D eigenvalue weighted by Gasteiger charge is -2.09. The van der Waals surface area contributed by atoms with Crippen LogP contribution in [0.2, 0.25) is 5.15 Å². The van der Waals surface area contributed by atoms with Gasteiger partial charge in [0.2, 0.25) is 0 Å². The number of hydrogen-bond acceptors (Lipinski definition) is 2. The van der Waals surface area contributed by atoms with Crippen LogP contribution in [0.25, 0.3) is 33.4 Å². The molecule has 1 aromatic heterocycles. The van der Waals surface area contributed by atoms with E-state index in [1.54, 1.807) is 0 Å². The van der Waals surface area contributed by atoms with E-state index in [-0.39, 0.29) is 0 Å². The van der Waals surface area contributed by atoms with Crippen molar-refractivity contribution in [3.63, 3.8) is 0 Å². The van der Waals surface area contributed by atoms with Gasteiger partial charge < -0.3 is 0 Å². The van der Waals surface area contributed by atoms with Crippen molar-refractivity contribution in [1.29, 1.82) is 0 Å². The van der Waals surface area contributed by atoms with Gasteiger partial charge in [-0.25, -0.2) is 9.97 Å². The molecule has 2 nitrogen and oxygen atoms in total. The Balaban J connectivity index is 2.00. The Morgan fingerprint density at radius 3 is 1.96 bits per heavy atom. The van der Waals surface area contributed by atoms with Gasteiger partial charge in [-0.15, -0.1) is 0 Å². The van der Waals surface area contributed by atoms with Crippen LogP contribution in [0.3, 0.4) is 0 Å². The number of hydrogen-bond donors (Lipinski definition) is 0. The Morgan fingerprint density at radius 2 is 1.26 bits per heavy atom. The third-order valence-corrected chi connectivity index (χ3v) is 4.05. The molecule has 0 unspecified atom stereocenters. The second-order valence-corrected chi connectivity index (χ2v) is 5.63. The predicted molar refractivity (Wildman–Crippen MR) is 95.4 cm³/mol. The molecule has 0 saturated carbocycles. The molecule has 0 saturated heterocycles. The van der Waals surface area contributed by atoms with Crippen molar-refractivity contribution < 1.29 is 0 Å². The summed E-state index contributed by atoms with van der Waals surface area (Å²) < 4.78 is 0. The summed E-state index contributed by atoms with van der Waals surface area (Å²) in [5.74, 6) is 0. The molecule has 0 radical (unpaired) electrons. The van der Waals surface area contributed by atoms with E-state index in [9.17, 15) is 0 Å². The summed E-state index contributed by atoms with van der Waals surface area (Å²) in [7, 11) is 0. The number of nitrogens with zero attached hydrogens (tertiary/aromatic N) is 2. The van der Waals surface area contributed by atoms with E-state index in [4.69, 9.17) is 16.6 Å². The summed E-state index contributed by atoms with van der Waals surface area (Å²) in [6.45, 7) is 0. The molecule has 4 aromatic rings. The van der Waals surface area contributed by atoms with Gasteiger partial charge >= 0.3 is 0 Å². The summed E-state index contributed by atoms with van der Waals surface area (Å²) in [5, 5.41) is 0.425. The lowest BCUT2D eigenvalue weighted by Crippen LogP contribution is -1.93. The summed E-state index contributed by atoms with van der Waals surface area (Å²) >= 11 is 6.36. The van der Waals surface area contributed by atoms with Gasteiger partial charge in [0.1, 0.15) is 5.69 Å². The van der Waals surface area contributed by atoms with Crippen molar-refractivity contribution in [2.24, 2.45) is 0 Å². The maximum Gasteiger partial charge on any atom is 0.156 e. The van der Waals surface area contributed by atoms with Crippen LogP contribution in [0.4, 0.5) is 0 Å². The first-order chi connectivity index (χ1) is 11.3. The van der Waals surface area contributed by atoms with Crippen LogP contribution in [-0.4, -0.2) is 9.97 Å². The summed E-state index contributed by atoms with van der Waals surface area (Å²) in [6.07, 6.45) is 0. The van der Waals surface area contributed by atoms with Gasteiger partial charge in [-0.1, -0.05) is 84.4 Å². The molecule has 0 N–H and O–H groups in total. The van der Waals surface area contributed by atoms with E-state index in [1.807, 2.05) is 60.7 Å². The molecule has 0 aliphatic heterocycles. The fourth-order valence-electron chi connectivity index (χ4n) is 2.69. The molecular formula is C20H13ClN2. The van der Waals surface area contributed by atoms with Crippen molar-refractivity contribution in [2.45, 2.75) is 0 Å². The monoisotopic (exact) mass is 316 g/mol. The summed E-state index contributed by atoms with van der Waals surface area (Å²) in [5.41, 5.74) is 5.52. The summed E-state index contributed by atoms with van der Waals surface area (Å²) in [4.78, 5) is 9.37. The number of rotatable bonds is 2. The second-order valence-electron chi connectivity index (χ2n) is 5.27. The number of fused-ring (bicyclic) bond motifs is 1. The first-order valence-electron chi connectivity index (χ1n) is 7.40. The molecule has 4 rings (SSSR count). The maximum atomic E-state index is 6.36. The van der Waals surface area contributed by atoms with Crippen molar-refractivity contribution in [3.05, 3.63) is 84.0 Å². The molecule has 0 atom stereocenters. The fourth-order valence-corrected chi connectivity index (χ4v) is 2.93. The Kier molecular flexibility index (Phi) is 3.52. The van der Waals surface area contributed by atoms with Crippen LogP contribution in [-0.2, 0) is 0 Å². The Labute approximate surface area is 139 Å². The number of halogens is 1. The Bertz CT molecular complexity index is 967. The molecule has 0 bridgehead atoms. The highest BCUT2D eigenvalue weighted by atomic mass is 35.5. The standard InChI is InChI=1S/C20H13ClN2/c21-20-18(15-10-5-2-6-11-15)23-19-16(12-7-13-17(19)22-20)14-8-3-1-4-9-14/h1-13H. The van der Waals surface area contributed by atoms with Gasteiger partial charge in [-0.3, -0.25) is 0 Å². The van der Waals surface area contributed by atoms with Gasteiger partial charge in [-0.2, -0.15) is 0 Å². The van der Waals surface area contributed by atoms with E-state index >= 15 is 0 Å². The molecular weight excluding hydrogens is 304 g/mol. The molecule has 0 amide bonds. The van der Waals surface area contributed by atoms with Gasteiger partial charge in [0, 0.05) is 11.1 Å². The molecule has 1 heterocycles. The summed E-state index contributed by atoms with van der Waals surface area (Å²) in [6, 6.07) is 26.1. The van der Waals surface area contributed by atoms with Crippen LogP contribution in [0, 0.1) is 0 Å². The first kappa shape index (κ1) is 13.9. The van der Waals surface area contributed by atoms with Crippen LogP contribution >= 0.6 is 11.6 Å². The van der Waals surface area contributed by atoms with Crippen molar-refractivity contribution >= 4 is 22.6 Å². The fraction of sp³-hybridized carbons (Fsp3) is 0. The van der Waals surface area contributed by atoms with Crippen molar-refractivity contribution in [1.82, 2.24) is 9.97 Å². The van der Waals surface area contributed by atoms with E-state index in [0.717, 1.165) is 27.7 Å². The van der Waals surface area contributed by atoms with Gasteiger partial charge in [0.25, 0.3) is 0 Å². The minimum absolute atomic E-state index is 0.425. The SMILES string of the molecule is Clc1nc2cccc(-c3ccccc3)c2nc1-c1ccccc1. The quantitative estimate of drug-likeness (QED) is 0.480. The number of aromatic nitrogens is 2. The predicted octanol–water partition coefficient (Wildman–Crippen LogP) is 5.62. The normalized spacial score (nSPS) is 10.8. The van der Waals surface area contributed by atoms with E-state index < -0.39 is 0 Å².